The van der Waals surface area contributed by atoms with Gasteiger partial charge in [0.15, 0.2) is 5.60 Å². The number of anilines is 1. The zero-order chi connectivity index (χ0) is 26.2. The molecule has 1 aliphatic carbocycles. The number of amides is 2. The van der Waals surface area contributed by atoms with Gasteiger partial charge in [-0.15, -0.1) is 0 Å². The lowest BCUT2D eigenvalue weighted by Gasteiger charge is -2.41. The number of fused-ring (bicyclic) bond motifs is 2. The lowest BCUT2D eigenvalue weighted by atomic mass is 9.83. The summed E-state index contributed by atoms with van der Waals surface area (Å²) in [6, 6.07) is 10.1. The quantitative estimate of drug-likeness (QED) is 0.508. The predicted molar refractivity (Wildman–Crippen MR) is 145 cm³/mol. The molecule has 37 heavy (non-hydrogen) atoms. The van der Waals surface area contributed by atoms with Gasteiger partial charge in [0.05, 0.1) is 5.56 Å². The number of piperidine rings is 1. The van der Waals surface area contributed by atoms with Gasteiger partial charge in [0, 0.05) is 29.3 Å². The van der Waals surface area contributed by atoms with Crippen LogP contribution in [0.4, 0.5) is 5.82 Å². The number of pyridine rings is 1. The van der Waals surface area contributed by atoms with E-state index in [4.69, 9.17) is 22.1 Å². The number of carbonyl (C=O) groups is 2. The molecule has 3 N–H and O–H groups in total. The van der Waals surface area contributed by atoms with Crippen LogP contribution in [0.25, 0.3) is 0 Å². The Bertz CT molecular complexity index is 1130. The number of hydrogen-bond donors (Lipinski definition) is 2. The van der Waals surface area contributed by atoms with Crippen molar-refractivity contribution in [2.24, 2.45) is 5.73 Å². The van der Waals surface area contributed by atoms with Gasteiger partial charge in [-0.3, -0.25) is 9.59 Å². The minimum Gasteiger partial charge on any atom is -0.478 e. The Morgan fingerprint density at radius 3 is 2.38 bits per heavy atom. The lowest BCUT2D eigenvalue weighted by molar-refractivity contribution is -0.135. The van der Waals surface area contributed by atoms with E-state index in [1.165, 1.54) is 19.3 Å². The second-order valence-corrected chi connectivity index (χ2v) is 11.8. The summed E-state index contributed by atoms with van der Waals surface area (Å²) < 4.78 is 6.41. The molecule has 2 unspecified atom stereocenters. The highest BCUT2D eigenvalue weighted by Gasteiger charge is 2.43. The second-order valence-electron chi connectivity index (χ2n) is 11.3. The van der Waals surface area contributed by atoms with Gasteiger partial charge in [0.2, 0.25) is 5.91 Å². The van der Waals surface area contributed by atoms with Crippen LogP contribution >= 0.6 is 11.6 Å². The molecule has 0 spiro atoms. The molecule has 2 atom stereocenters. The highest BCUT2D eigenvalue weighted by Crippen LogP contribution is 2.41. The van der Waals surface area contributed by atoms with Gasteiger partial charge in [0.1, 0.15) is 11.6 Å². The van der Waals surface area contributed by atoms with E-state index in [1.807, 2.05) is 38.1 Å². The van der Waals surface area contributed by atoms with Crippen LogP contribution < -0.4 is 20.7 Å². The maximum atomic E-state index is 13.4. The molecule has 3 heterocycles. The van der Waals surface area contributed by atoms with Crippen molar-refractivity contribution in [1.29, 1.82) is 0 Å². The zero-order valence-electron chi connectivity index (χ0n) is 21.7. The molecule has 2 bridgehead atoms. The van der Waals surface area contributed by atoms with E-state index >= 15 is 0 Å². The Morgan fingerprint density at radius 2 is 1.76 bits per heavy atom. The first-order valence-electron chi connectivity index (χ1n) is 13.5. The normalized spacial score (nSPS) is 24.1. The van der Waals surface area contributed by atoms with Crippen molar-refractivity contribution < 1.29 is 14.3 Å². The van der Waals surface area contributed by atoms with E-state index < -0.39 is 11.5 Å². The summed E-state index contributed by atoms with van der Waals surface area (Å²) in [7, 11) is 0. The summed E-state index contributed by atoms with van der Waals surface area (Å²) >= 11 is 6.35. The fraction of sp³-hybridized carbons (Fsp3) is 0.552. The van der Waals surface area contributed by atoms with Crippen LogP contribution in [0.15, 0.2) is 36.5 Å². The molecule has 5 rings (SSSR count). The summed E-state index contributed by atoms with van der Waals surface area (Å²) in [6.45, 7) is 3.69. The van der Waals surface area contributed by atoms with Crippen LogP contribution in [0.5, 0.6) is 5.75 Å². The smallest absolute Gasteiger partial charge is 0.263 e. The number of primary amides is 1. The van der Waals surface area contributed by atoms with Crippen molar-refractivity contribution in [2.45, 2.75) is 101 Å². The average Bonchev–Trinajstić information content (AvgIpc) is 3.15. The van der Waals surface area contributed by atoms with Crippen molar-refractivity contribution >= 4 is 29.2 Å². The summed E-state index contributed by atoms with van der Waals surface area (Å²) in [5.74, 6) is 1.48. The first kappa shape index (κ1) is 25.8. The van der Waals surface area contributed by atoms with Crippen LogP contribution in [-0.2, 0) is 4.79 Å². The molecule has 1 aromatic heterocycles. The van der Waals surface area contributed by atoms with Crippen LogP contribution in [0.1, 0.15) is 93.5 Å². The first-order valence-corrected chi connectivity index (χ1v) is 13.9. The maximum absolute atomic E-state index is 13.4. The third kappa shape index (κ3) is 5.57. The van der Waals surface area contributed by atoms with Gasteiger partial charge in [0.25, 0.3) is 5.91 Å². The monoisotopic (exact) mass is 524 g/mol. The maximum Gasteiger partial charge on any atom is 0.263 e. The van der Waals surface area contributed by atoms with Crippen molar-refractivity contribution in [3.63, 3.8) is 0 Å². The Balaban J connectivity index is 1.24. The molecule has 1 saturated carbocycles. The van der Waals surface area contributed by atoms with Crippen molar-refractivity contribution in [3.8, 4) is 5.75 Å². The third-order valence-electron chi connectivity index (χ3n) is 8.29. The zero-order valence-corrected chi connectivity index (χ0v) is 22.5. The number of carbonyl (C=O) groups excluding carboxylic acids is 2. The molecule has 1 aromatic carbocycles. The first-order chi connectivity index (χ1) is 17.7. The Kier molecular flexibility index (Phi) is 7.35. The van der Waals surface area contributed by atoms with Crippen LogP contribution in [0.3, 0.4) is 0 Å². The number of ether oxygens (including phenoxy) is 1. The third-order valence-corrected chi connectivity index (χ3v) is 8.53. The standard InChI is InChI=1S/C29H37ClN4O3/c1-29(2,37-25-12-9-20(30)14-24(25)18-6-4-3-5-7-18)28(36)33-21-15-22-10-11-23(16-21)34(22)26-13-8-19(17-32-26)27(31)35/h8-9,12-14,17-18,21-23H,3-7,10-11,15-16H2,1-2H3,(H2,31,35)(H,33,36). The highest BCUT2D eigenvalue weighted by molar-refractivity contribution is 6.30. The average molecular weight is 525 g/mol. The summed E-state index contributed by atoms with van der Waals surface area (Å²) in [5, 5.41) is 3.99. The predicted octanol–water partition coefficient (Wildman–Crippen LogP) is 5.36. The minimum atomic E-state index is -1.01. The highest BCUT2D eigenvalue weighted by atomic mass is 35.5. The summed E-state index contributed by atoms with van der Waals surface area (Å²) in [5.41, 5.74) is 5.88. The second kappa shape index (κ2) is 10.5. The van der Waals surface area contributed by atoms with E-state index in [0.717, 1.165) is 55.7 Å². The molecule has 2 aliphatic heterocycles. The molecule has 2 amide bonds. The molecule has 198 valence electrons. The molecule has 8 heteroatoms. The fourth-order valence-electron chi connectivity index (χ4n) is 6.38. The van der Waals surface area contributed by atoms with Crippen molar-refractivity contribution in [2.75, 3.05) is 4.90 Å². The molecule has 3 aliphatic rings. The number of nitrogens with zero attached hydrogens (tertiary/aromatic N) is 2. The number of halogens is 1. The number of rotatable bonds is 7. The summed E-state index contributed by atoms with van der Waals surface area (Å²) in [6.07, 6.45) is 11.3. The fourth-order valence-corrected chi connectivity index (χ4v) is 6.56. The molecule has 7 nitrogen and oxygen atoms in total. The number of nitrogens with two attached hydrogens (primary N) is 1. The van der Waals surface area contributed by atoms with E-state index in [0.29, 0.717) is 28.6 Å². The van der Waals surface area contributed by atoms with E-state index in [2.05, 4.69) is 15.2 Å². The summed E-state index contributed by atoms with van der Waals surface area (Å²) in [4.78, 5) is 31.7. The van der Waals surface area contributed by atoms with Crippen molar-refractivity contribution in [1.82, 2.24) is 10.3 Å². The van der Waals surface area contributed by atoms with E-state index in [-0.39, 0.29) is 11.9 Å². The molecule has 0 radical (unpaired) electrons. The van der Waals surface area contributed by atoms with Crippen LogP contribution in [0.2, 0.25) is 5.02 Å². The number of hydrogen-bond acceptors (Lipinski definition) is 5. The number of nitrogens with one attached hydrogen (secondary N) is 1. The van der Waals surface area contributed by atoms with E-state index in [1.54, 1.807) is 12.3 Å². The Labute approximate surface area is 224 Å². The van der Waals surface area contributed by atoms with Crippen LogP contribution in [-0.4, -0.2) is 40.5 Å². The molecule has 3 fully saturated rings. The van der Waals surface area contributed by atoms with Gasteiger partial charge in [-0.2, -0.15) is 0 Å². The van der Waals surface area contributed by atoms with Crippen LogP contribution in [0, 0.1) is 0 Å². The lowest BCUT2D eigenvalue weighted by Crippen LogP contribution is -2.55. The molecule has 2 aromatic rings. The SMILES string of the molecule is CC(C)(Oc1ccc(Cl)cc1C1CCCCC1)C(=O)NC1CC2CCC(C1)N2c1ccc(C(N)=O)cn1. The minimum absolute atomic E-state index is 0.0806. The number of aromatic nitrogens is 1. The topological polar surface area (TPSA) is 97.5 Å². The largest absolute Gasteiger partial charge is 0.478 e. The molecular weight excluding hydrogens is 488 g/mol. The van der Waals surface area contributed by atoms with Crippen molar-refractivity contribution in [3.05, 3.63) is 52.7 Å². The van der Waals surface area contributed by atoms with Gasteiger partial charge < -0.3 is 20.7 Å². The van der Waals surface area contributed by atoms with Gasteiger partial charge in [-0.05, 0) is 94.2 Å². The number of benzene rings is 1. The Morgan fingerprint density at radius 1 is 1.05 bits per heavy atom. The Hall–Kier alpha value is -2.80. The van der Waals surface area contributed by atoms with Gasteiger partial charge in [-0.1, -0.05) is 30.9 Å². The molecule has 2 saturated heterocycles. The van der Waals surface area contributed by atoms with E-state index in [9.17, 15) is 9.59 Å². The van der Waals surface area contributed by atoms with Gasteiger partial charge in [-0.25, -0.2) is 4.98 Å². The molecular formula is C29H37ClN4O3. The van der Waals surface area contributed by atoms with Gasteiger partial charge >= 0.3 is 0 Å².